The molecule has 4 atom stereocenters. The van der Waals surface area contributed by atoms with E-state index in [0.717, 1.165) is 11.3 Å². The number of aliphatic carboxylic acids is 2. The number of fused-ring (bicyclic) bond motifs is 3. The van der Waals surface area contributed by atoms with E-state index in [1.165, 1.54) is 35.9 Å². The van der Waals surface area contributed by atoms with Crippen molar-refractivity contribution in [2.45, 2.75) is 54.5 Å². The molecule has 0 radical (unpaired) electrons. The number of amides is 2. The van der Waals surface area contributed by atoms with Crippen LogP contribution in [-0.2, 0) is 24.0 Å². The van der Waals surface area contributed by atoms with Gasteiger partial charge in [-0.2, -0.15) is 0 Å². The first-order chi connectivity index (χ1) is 14.3. The summed E-state index contributed by atoms with van der Waals surface area (Å²) in [6, 6.07) is -0.992. The van der Waals surface area contributed by atoms with Crippen LogP contribution in [0, 0.1) is 0 Å². The molecule has 1 unspecified atom stereocenters. The van der Waals surface area contributed by atoms with E-state index in [4.69, 9.17) is 10.6 Å². The summed E-state index contributed by atoms with van der Waals surface area (Å²) in [6.45, 7) is 4.11. The van der Waals surface area contributed by atoms with Crippen LogP contribution in [0.3, 0.4) is 0 Å². The molecule has 12 nitrogen and oxygen atoms in total. The van der Waals surface area contributed by atoms with Crippen molar-refractivity contribution < 1.29 is 93.3 Å². The molecule has 3 N–H and O–H groups in total. The van der Waals surface area contributed by atoms with Gasteiger partial charge in [-0.05, 0) is 27.2 Å². The maximum absolute atomic E-state index is 12.9. The fourth-order valence-electron chi connectivity index (χ4n) is 3.71. The normalized spacial score (nSPS) is 29.5. The van der Waals surface area contributed by atoms with Gasteiger partial charge < -0.3 is 40.6 Å². The Bertz CT molecular complexity index is 1070. The Hall–Kier alpha value is -0.870. The molecule has 4 rings (SSSR count). The van der Waals surface area contributed by atoms with Crippen molar-refractivity contribution in [3.63, 3.8) is 0 Å². The maximum atomic E-state index is 12.9. The van der Waals surface area contributed by atoms with Crippen molar-refractivity contribution >= 4 is 57.7 Å². The molecule has 0 spiro atoms. The minimum atomic E-state index is -1.84. The Balaban J connectivity index is 0.00000193. The number of nitrogens with zero attached hydrogens (tertiary/aromatic N) is 3. The Kier molecular flexibility index (Phi) is 7.99. The number of rotatable bonds is 7. The molecule has 16 heteroatoms. The summed E-state index contributed by atoms with van der Waals surface area (Å²) in [6.07, 6.45) is 0.285. The number of thioether (sulfide) groups is 1. The van der Waals surface area contributed by atoms with Crippen LogP contribution < -0.4 is 80.4 Å². The number of nitrogens with one attached hydrogen (secondary N) is 1. The summed E-state index contributed by atoms with van der Waals surface area (Å²) in [7, 11) is 0. The van der Waals surface area contributed by atoms with Crippen molar-refractivity contribution in [1.29, 1.82) is 0 Å². The van der Waals surface area contributed by atoms with E-state index < -0.39 is 51.1 Å². The molecule has 0 bridgehead atoms. The molecule has 1 aromatic heterocycles. The molecule has 2 aliphatic heterocycles. The number of nitrogens with two attached hydrogens (primary N) is 1. The number of hydrogen-bond donors (Lipinski definition) is 2. The number of β-lactam (4-membered cyclic amide) rings is 1. The smallest absolute Gasteiger partial charge is 0.548 e. The number of oxime groups is 1. The van der Waals surface area contributed by atoms with E-state index >= 15 is 0 Å². The number of carboxylic acid groups (broad SMARTS) is 2. The second kappa shape index (κ2) is 9.30. The third kappa shape index (κ3) is 4.33. The second-order valence-corrected chi connectivity index (χ2v) is 10.6. The van der Waals surface area contributed by atoms with Crippen LogP contribution in [-0.4, -0.2) is 66.7 Å². The summed E-state index contributed by atoms with van der Waals surface area (Å²) < 4.78 is -0.673. The van der Waals surface area contributed by atoms with E-state index in [1.54, 1.807) is 6.92 Å². The van der Waals surface area contributed by atoms with Crippen molar-refractivity contribution in [3.05, 3.63) is 11.1 Å². The predicted octanol–water partition coefficient (Wildman–Crippen LogP) is -8.97. The fourth-order valence-corrected chi connectivity index (χ4v) is 6.17. The quantitative estimate of drug-likeness (QED) is 0.153. The zero-order valence-corrected chi connectivity index (χ0v) is 24.2. The zero-order valence-electron chi connectivity index (χ0n) is 18.5. The number of aromatic nitrogens is 1. The molecule has 1 saturated carbocycles. The summed E-state index contributed by atoms with van der Waals surface area (Å²) in [5.74, 6) is -4.28. The molecule has 3 aliphatic rings. The molecule has 3 heterocycles. The first-order valence-corrected chi connectivity index (χ1v) is 10.8. The number of carbonyl (C=O) groups is 4. The zero-order chi connectivity index (χ0) is 22.9. The van der Waals surface area contributed by atoms with E-state index in [-0.39, 0.29) is 82.1 Å². The van der Waals surface area contributed by atoms with Gasteiger partial charge in [0, 0.05) is 10.1 Å². The van der Waals surface area contributed by atoms with Crippen LogP contribution in [0.4, 0.5) is 5.13 Å². The number of hydrogen-bond acceptors (Lipinski definition) is 12. The molecular formula is C17H17N5Na2O7S2. The van der Waals surface area contributed by atoms with Crippen LogP contribution in [0.25, 0.3) is 0 Å². The summed E-state index contributed by atoms with van der Waals surface area (Å²) in [5.41, 5.74) is 2.05. The minimum Gasteiger partial charge on any atom is -0.548 e. The second-order valence-electron chi connectivity index (χ2n) is 8.12. The first kappa shape index (κ1) is 28.4. The van der Waals surface area contributed by atoms with Crippen LogP contribution >= 0.6 is 23.1 Å². The third-order valence-electron chi connectivity index (χ3n) is 5.64. The maximum Gasteiger partial charge on any atom is 1.00 e. The Morgan fingerprint density at radius 1 is 1.36 bits per heavy atom. The van der Waals surface area contributed by atoms with E-state index in [0.29, 0.717) is 0 Å². The minimum absolute atomic E-state index is 0. The van der Waals surface area contributed by atoms with Crippen molar-refractivity contribution in [1.82, 2.24) is 15.2 Å². The number of nitrogen functional groups attached to an aromatic ring is 1. The van der Waals surface area contributed by atoms with E-state index in [9.17, 15) is 29.4 Å². The predicted molar refractivity (Wildman–Crippen MR) is 104 cm³/mol. The van der Waals surface area contributed by atoms with E-state index in [2.05, 4.69) is 15.5 Å². The van der Waals surface area contributed by atoms with Crippen LogP contribution in [0.5, 0.6) is 0 Å². The molecular weight excluding hydrogens is 496 g/mol. The molecule has 0 aromatic carbocycles. The Labute approximate surface area is 240 Å². The van der Waals surface area contributed by atoms with Gasteiger partial charge in [-0.1, -0.05) is 5.16 Å². The molecule has 33 heavy (non-hydrogen) atoms. The summed E-state index contributed by atoms with van der Waals surface area (Å²) in [4.78, 5) is 58.5. The average molecular weight is 513 g/mol. The number of carbonyl (C=O) groups excluding carboxylic acids is 4. The fraction of sp³-hybridized carbons (Fsp3) is 0.529. The third-order valence-corrected chi connectivity index (χ3v) is 8.04. The van der Waals surface area contributed by atoms with Gasteiger partial charge in [0.2, 0.25) is 5.91 Å². The monoisotopic (exact) mass is 513 g/mol. The van der Waals surface area contributed by atoms with Gasteiger partial charge >= 0.3 is 59.1 Å². The Morgan fingerprint density at radius 2 is 2.00 bits per heavy atom. The molecule has 3 fully saturated rings. The van der Waals surface area contributed by atoms with Crippen molar-refractivity contribution in [2.24, 2.45) is 5.16 Å². The SMILES string of the molecule is CC(C)(O/N=C(\C(=O)N[C@@H]1C(=O)N2[C@@H]1SC1(C)C[C@]21C(=O)[O-])c1csc(N)n1)C(=O)[O-].[Na+].[Na+]. The first-order valence-electron chi connectivity index (χ1n) is 9.06. The topological polar surface area (TPSA) is 190 Å². The van der Waals surface area contributed by atoms with E-state index in [1.807, 2.05) is 0 Å². The number of thiazole rings is 1. The van der Waals surface area contributed by atoms with Gasteiger partial charge in [0.1, 0.15) is 17.1 Å². The van der Waals surface area contributed by atoms with Crippen LogP contribution in [0.2, 0.25) is 0 Å². The van der Waals surface area contributed by atoms with Gasteiger partial charge in [-0.15, -0.1) is 23.1 Å². The van der Waals surface area contributed by atoms with Crippen molar-refractivity contribution in [3.8, 4) is 0 Å². The van der Waals surface area contributed by atoms with Gasteiger partial charge in [-0.3, -0.25) is 9.59 Å². The molecule has 2 amide bonds. The van der Waals surface area contributed by atoms with Gasteiger partial charge in [0.25, 0.3) is 5.91 Å². The summed E-state index contributed by atoms with van der Waals surface area (Å²) >= 11 is 2.31. The number of anilines is 1. The van der Waals surface area contributed by atoms with Crippen LogP contribution in [0.15, 0.2) is 10.5 Å². The molecule has 1 aromatic rings. The molecule has 2 saturated heterocycles. The van der Waals surface area contributed by atoms with Crippen LogP contribution in [0.1, 0.15) is 32.9 Å². The van der Waals surface area contributed by atoms with Gasteiger partial charge in [0.15, 0.2) is 16.4 Å². The standard InChI is InChI=1S/C17H19N5O7S2.2Na/c1-15(2,12(25)26)29-21-7(6-4-30-14(18)19-6)9(23)20-8-10(24)22-11(8)31-16(3)5-17(16,22)13(27)28;;/h4,8,11H,5H2,1-3H3,(H2,18,19)(H,20,23)(H,25,26)(H,27,28);;/q;2*+1/p-2/b21-7-;;/t8-,11-,16?,17-;;/m1../s1. The van der Waals surface area contributed by atoms with Gasteiger partial charge in [-0.25, -0.2) is 4.98 Å². The number of carboxylic acids is 2. The van der Waals surface area contributed by atoms with Crippen molar-refractivity contribution in [2.75, 3.05) is 5.73 Å². The Morgan fingerprint density at radius 3 is 2.52 bits per heavy atom. The summed E-state index contributed by atoms with van der Waals surface area (Å²) in [5, 5.41) is 29.9. The molecule has 1 aliphatic carbocycles. The average Bonchev–Trinajstić information content (AvgIpc) is 2.95. The largest absolute Gasteiger partial charge is 1.00 e. The molecule has 166 valence electrons. The van der Waals surface area contributed by atoms with Gasteiger partial charge in [0.05, 0.1) is 17.5 Å².